The Hall–Kier alpha value is -1.40. The van der Waals surface area contributed by atoms with E-state index in [0.717, 1.165) is 30.2 Å². The maximum Gasteiger partial charge on any atom is 0.253 e. The predicted octanol–water partition coefficient (Wildman–Crippen LogP) is 3.99. The first-order valence-corrected chi connectivity index (χ1v) is 8.26. The van der Waals surface area contributed by atoms with Gasteiger partial charge in [0.15, 0.2) is 5.82 Å². The molecule has 0 atom stereocenters. The molecular weight excluding hydrogens is 370 g/mol. The molecule has 3 rings (SSSR count). The van der Waals surface area contributed by atoms with Crippen LogP contribution in [0.4, 0.5) is 0 Å². The Morgan fingerprint density at radius 3 is 2.77 bits per heavy atom. The van der Waals surface area contributed by atoms with Gasteiger partial charge in [0.1, 0.15) is 5.54 Å². The van der Waals surface area contributed by atoms with Gasteiger partial charge in [-0.3, -0.25) is 4.79 Å². The summed E-state index contributed by atoms with van der Waals surface area (Å²) in [5, 5.41) is 7.51. The van der Waals surface area contributed by atoms with Crippen LogP contribution in [0.5, 0.6) is 0 Å². The second kappa shape index (κ2) is 6.01. The van der Waals surface area contributed by atoms with E-state index in [4.69, 9.17) is 16.1 Å². The van der Waals surface area contributed by atoms with Crippen molar-refractivity contribution in [3.63, 3.8) is 0 Å². The standard InChI is InChI=1S/C15H15BrClN3O2/c1-9-18-14(20-22-9)15(6-2-3-7-15)19-13(21)11-8-10(16)4-5-12(11)17/h4-5,8H,2-3,6-7H2,1H3,(H,19,21). The van der Waals surface area contributed by atoms with E-state index in [1.54, 1.807) is 25.1 Å². The number of nitrogens with one attached hydrogen (secondary N) is 1. The largest absolute Gasteiger partial charge is 0.340 e. The Balaban J connectivity index is 1.91. The van der Waals surface area contributed by atoms with Gasteiger partial charge in [0, 0.05) is 11.4 Å². The van der Waals surface area contributed by atoms with E-state index in [1.807, 2.05) is 0 Å². The van der Waals surface area contributed by atoms with Gasteiger partial charge >= 0.3 is 0 Å². The fourth-order valence-electron chi connectivity index (χ4n) is 2.83. The number of hydrogen-bond acceptors (Lipinski definition) is 4. The Morgan fingerprint density at radius 2 is 2.14 bits per heavy atom. The highest BCUT2D eigenvalue weighted by Crippen LogP contribution is 2.37. The molecule has 7 heteroatoms. The van der Waals surface area contributed by atoms with Gasteiger partial charge in [0.25, 0.3) is 5.91 Å². The van der Waals surface area contributed by atoms with Gasteiger partial charge in [0.2, 0.25) is 5.89 Å². The van der Waals surface area contributed by atoms with Crippen LogP contribution in [0.3, 0.4) is 0 Å². The van der Waals surface area contributed by atoms with E-state index in [9.17, 15) is 4.79 Å². The highest BCUT2D eigenvalue weighted by Gasteiger charge is 2.41. The lowest BCUT2D eigenvalue weighted by molar-refractivity contribution is 0.0892. The predicted molar refractivity (Wildman–Crippen MR) is 85.8 cm³/mol. The fourth-order valence-corrected chi connectivity index (χ4v) is 3.40. The van der Waals surface area contributed by atoms with Crippen LogP contribution in [0.2, 0.25) is 5.02 Å². The molecule has 1 fully saturated rings. The minimum Gasteiger partial charge on any atom is -0.340 e. The monoisotopic (exact) mass is 383 g/mol. The van der Waals surface area contributed by atoms with Gasteiger partial charge in [-0.25, -0.2) is 0 Å². The van der Waals surface area contributed by atoms with Crippen LogP contribution in [0.25, 0.3) is 0 Å². The molecule has 1 aliphatic carbocycles. The molecule has 22 heavy (non-hydrogen) atoms. The number of benzene rings is 1. The van der Waals surface area contributed by atoms with E-state index in [-0.39, 0.29) is 5.91 Å². The van der Waals surface area contributed by atoms with Crippen LogP contribution in [-0.4, -0.2) is 16.0 Å². The second-order valence-corrected chi connectivity index (χ2v) is 6.83. The third kappa shape index (κ3) is 2.90. The molecule has 0 saturated heterocycles. The van der Waals surface area contributed by atoms with Crippen LogP contribution >= 0.6 is 27.5 Å². The molecule has 2 aromatic rings. The average Bonchev–Trinajstić information content (AvgIpc) is 3.11. The van der Waals surface area contributed by atoms with Crippen LogP contribution in [0, 0.1) is 6.92 Å². The Morgan fingerprint density at radius 1 is 1.41 bits per heavy atom. The zero-order chi connectivity index (χ0) is 15.7. The lowest BCUT2D eigenvalue weighted by Crippen LogP contribution is -2.44. The second-order valence-electron chi connectivity index (χ2n) is 5.50. The van der Waals surface area contributed by atoms with Crippen LogP contribution in [-0.2, 0) is 5.54 Å². The Bertz CT molecular complexity index is 711. The molecule has 5 nitrogen and oxygen atoms in total. The maximum absolute atomic E-state index is 12.7. The van der Waals surface area contributed by atoms with Gasteiger partial charge in [-0.1, -0.05) is 45.5 Å². The normalized spacial score (nSPS) is 16.7. The molecule has 1 aliphatic rings. The number of carbonyl (C=O) groups is 1. The molecule has 0 bridgehead atoms. The third-order valence-corrected chi connectivity index (χ3v) is 4.76. The van der Waals surface area contributed by atoms with Crippen molar-refractivity contribution >= 4 is 33.4 Å². The highest BCUT2D eigenvalue weighted by atomic mass is 79.9. The topological polar surface area (TPSA) is 68.0 Å². The lowest BCUT2D eigenvalue weighted by Gasteiger charge is -2.27. The van der Waals surface area contributed by atoms with E-state index in [2.05, 4.69) is 31.4 Å². The van der Waals surface area contributed by atoms with Gasteiger partial charge in [-0.2, -0.15) is 4.98 Å². The van der Waals surface area contributed by atoms with Gasteiger partial charge in [0.05, 0.1) is 10.6 Å². The number of aromatic nitrogens is 2. The summed E-state index contributed by atoms with van der Waals surface area (Å²) in [6.45, 7) is 1.74. The van der Waals surface area contributed by atoms with Crippen LogP contribution in [0.1, 0.15) is 47.8 Å². The van der Waals surface area contributed by atoms with Crippen molar-refractivity contribution in [3.05, 3.63) is 45.0 Å². The summed E-state index contributed by atoms with van der Waals surface area (Å²) in [5.74, 6) is 0.814. The van der Waals surface area contributed by atoms with Crippen molar-refractivity contribution < 1.29 is 9.32 Å². The first-order chi connectivity index (χ1) is 10.5. The molecule has 1 saturated carbocycles. The number of nitrogens with zero attached hydrogens (tertiary/aromatic N) is 2. The number of hydrogen-bond donors (Lipinski definition) is 1. The van der Waals surface area contributed by atoms with Crippen molar-refractivity contribution in [2.45, 2.75) is 38.1 Å². The van der Waals surface area contributed by atoms with Crippen molar-refractivity contribution in [3.8, 4) is 0 Å². The van der Waals surface area contributed by atoms with Crippen molar-refractivity contribution in [2.75, 3.05) is 0 Å². The minimum absolute atomic E-state index is 0.226. The molecule has 1 amide bonds. The molecular formula is C15H15BrClN3O2. The minimum atomic E-state index is -0.569. The average molecular weight is 385 g/mol. The molecule has 1 N–H and O–H groups in total. The van der Waals surface area contributed by atoms with E-state index in [1.165, 1.54) is 0 Å². The number of rotatable bonds is 3. The van der Waals surface area contributed by atoms with Gasteiger partial charge in [-0.15, -0.1) is 0 Å². The van der Waals surface area contributed by atoms with Crippen molar-refractivity contribution in [1.29, 1.82) is 0 Å². The summed E-state index contributed by atoms with van der Waals surface area (Å²) in [4.78, 5) is 17.0. The number of amides is 1. The molecule has 116 valence electrons. The summed E-state index contributed by atoms with van der Waals surface area (Å²) in [6, 6.07) is 5.20. The summed E-state index contributed by atoms with van der Waals surface area (Å²) < 4.78 is 5.89. The maximum atomic E-state index is 12.7. The van der Waals surface area contributed by atoms with Gasteiger partial charge in [-0.05, 0) is 31.0 Å². The SMILES string of the molecule is Cc1nc(C2(NC(=O)c3cc(Br)ccc3Cl)CCCC2)no1. The molecule has 0 aliphatic heterocycles. The summed E-state index contributed by atoms with van der Waals surface area (Å²) in [7, 11) is 0. The number of halogens is 2. The number of aryl methyl sites for hydroxylation is 1. The summed E-state index contributed by atoms with van der Waals surface area (Å²) >= 11 is 9.50. The molecule has 1 heterocycles. The van der Waals surface area contributed by atoms with Crippen LogP contribution in [0.15, 0.2) is 27.2 Å². The summed E-state index contributed by atoms with van der Waals surface area (Å²) in [6.07, 6.45) is 3.62. The van der Waals surface area contributed by atoms with Crippen molar-refractivity contribution in [1.82, 2.24) is 15.5 Å². The zero-order valence-corrected chi connectivity index (χ0v) is 14.4. The van der Waals surface area contributed by atoms with Crippen LogP contribution < -0.4 is 5.32 Å². The quantitative estimate of drug-likeness (QED) is 0.868. The van der Waals surface area contributed by atoms with E-state index < -0.39 is 5.54 Å². The molecule has 0 radical (unpaired) electrons. The Kier molecular flexibility index (Phi) is 4.23. The summed E-state index contributed by atoms with van der Waals surface area (Å²) in [5.41, 5.74) is -0.136. The molecule has 1 aromatic carbocycles. The van der Waals surface area contributed by atoms with E-state index in [0.29, 0.717) is 22.3 Å². The van der Waals surface area contributed by atoms with E-state index >= 15 is 0 Å². The number of carbonyl (C=O) groups excluding carboxylic acids is 1. The van der Waals surface area contributed by atoms with Crippen molar-refractivity contribution in [2.24, 2.45) is 0 Å². The fraction of sp³-hybridized carbons (Fsp3) is 0.400. The third-order valence-electron chi connectivity index (χ3n) is 3.94. The molecule has 0 spiro atoms. The lowest BCUT2D eigenvalue weighted by atomic mass is 9.96. The highest BCUT2D eigenvalue weighted by molar-refractivity contribution is 9.10. The molecule has 0 unspecified atom stereocenters. The zero-order valence-electron chi connectivity index (χ0n) is 12.0. The first-order valence-electron chi connectivity index (χ1n) is 7.08. The molecule has 1 aromatic heterocycles. The smallest absolute Gasteiger partial charge is 0.253 e. The van der Waals surface area contributed by atoms with Gasteiger partial charge < -0.3 is 9.84 Å². The first kappa shape index (κ1) is 15.5. The Labute approximate surface area is 141 Å².